The van der Waals surface area contributed by atoms with Gasteiger partial charge in [-0.2, -0.15) is 5.10 Å². The van der Waals surface area contributed by atoms with Crippen LogP contribution in [-0.2, 0) is 4.74 Å². The lowest BCUT2D eigenvalue weighted by molar-refractivity contribution is 0.0642. The Morgan fingerprint density at radius 1 is 1.24 bits per heavy atom. The number of fused-ring (bicyclic) bond motifs is 1. The second kappa shape index (κ2) is 6.98. The summed E-state index contributed by atoms with van der Waals surface area (Å²) in [6, 6.07) is 9.77. The standard InChI is InChI=1S/C18H19N5O2/c24-18(20-10-12-6-8-25-9-7-12)14-11-19-17-16(21-14)15(22-23-17)13-4-2-1-3-5-13/h1-5,11-12H,6-10H2,(H,20,24)(H,19,22,23). The zero-order valence-electron chi connectivity index (χ0n) is 13.7. The molecule has 0 bridgehead atoms. The van der Waals surface area contributed by atoms with Gasteiger partial charge in [0, 0.05) is 25.3 Å². The number of ether oxygens (including phenoxy) is 1. The van der Waals surface area contributed by atoms with Crippen LogP contribution in [0.3, 0.4) is 0 Å². The third-order valence-corrected chi connectivity index (χ3v) is 4.45. The Labute approximate surface area is 144 Å². The van der Waals surface area contributed by atoms with Crippen LogP contribution in [0.2, 0.25) is 0 Å². The molecule has 0 spiro atoms. The molecule has 3 heterocycles. The number of nitrogens with one attached hydrogen (secondary N) is 2. The van der Waals surface area contributed by atoms with Crippen molar-refractivity contribution in [1.29, 1.82) is 0 Å². The van der Waals surface area contributed by atoms with Gasteiger partial charge in [0.15, 0.2) is 5.65 Å². The number of benzene rings is 1. The van der Waals surface area contributed by atoms with Crippen molar-refractivity contribution in [3.05, 3.63) is 42.2 Å². The number of nitrogens with zero attached hydrogens (tertiary/aromatic N) is 3. The summed E-state index contributed by atoms with van der Waals surface area (Å²) in [5.41, 5.74) is 3.13. The normalized spacial score (nSPS) is 15.4. The number of carbonyl (C=O) groups excluding carboxylic acids is 1. The number of H-pyrrole nitrogens is 1. The van der Waals surface area contributed by atoms with Crippen LogP contribution in [0.1, 0.15) is 23.3 Å². The number of hydrogen-bond donors (Lipinski definition) is 2. The Morgan fingerprint density at radius 3 is 2.84 bits per heavy atom. The van der Waals surface area contributed by atoms with E-state index in [-0.39, 0.29) is 5.91 Å². The Bertz CT molecular complexity index is 872. The van der Waals surface area contributed by atoms with Gasteiger partial charge in [-0.05, 0) is 18.8 Å². The number of carbonyl (C=O) groups is 1. The van der Waals surface area contributed by atoms with Gasteiger partial charge in [0.2, 0.25) is 0 Å². The summed E-state index contributed by atoms with van der Waals surface area (Å²) in [4.78, 5) is 21.2. The zero-order valence-corrected chi connectivity index (χ0v) is 13.7. The van der Waals surface area contributed by atoms with E-state index in [4.69, 9.17) is 4.74 Å². The van der Waals surface area contributed by atoms with Gasteiger partial charge in [-0.1, -0.05) is 30.3 Å². The summed E-state index contributed by atoms with van der Waals surface area (Å²) in [5, 5.41) is 10.1. The van der Waals surface area contributed by atoms with Crippen molar-refractivity contribution >= 4 is 17.1 Å². The average molecular weight is 337 g/mol. The van der Waals surface area contributed by atoms with E-state index >= 15 is 0 Å². The molecule has 1 aliphatic heterocycles. The van der Waals surface area contributed by atoms with E-state index in [0.717, 1.165) is 37.3 Å². The van der Waals surface area contributed by atoms with Gasteiger partial charge >= 0.3 is 0 Å². The van der Waals surface area contributed by atoms with Crippen LogP contribution in [0.4, 0.5) is 0 Å². The summed E-state index contributed by atoms with van der Waals surface area (Å²) in [5.74, 6) is 0.254. The molecule has 1 fully saturated rings. The van der Waals surface area contributed by atoms with Gasteiger partial charge in [-0.3, -0.25) is 9.89 Å². The van der Waals surface area contributed by atoms with E-state index < -0.39 is 0 Å². The van der Waals surface area contributed by atoms with E-state index in [2.05, 4.69) is 25.5 Å². The number of rotatable bonds is 4. The smallest absolute Gasteiger partial charge is 0.271 e. The van der Waals surface area contributed by atoms with Crippen molar-refractivity contribution in [1.82, 2.24) is 25.5 Å². The molecule has 0 aliphatic carbocycles. The second-order valence-corrected chi connectivity index (χ2v) is 6.16. The number of aromatic nitrogens is 4. The van der Waals surface area contributed by atoms with Crippen molar-refractivity contribution in [2.24, 2.45) is 5.92 Å². The van der Waals surface area contributed by atoms with Gasteiger partial charge < -0.3 is 10.1 Å². The first-order valence-corrected chi connectivity index (χ1v) is 8.44. The molecule has 0 atom stereocenters. The molecule has 7 nitrogen and oxygen atoms in total. The van der Waals surface area contributed by atoms with Crippen molar-refractivity contribution in [3.63, 3.8) is 0 Å². The summed E-state index contributed by atoms with van der Waals surface area (Å²) < 4.78 is 5.34. The first-order valence-electron chi connectivity index (χ1n) is 8.44. The third kappa shape index (κ3) is 3.36. The molecule has 4 rings (SSSR count). The maximum atomic E-state index is 12.4. The molecule has 1 aromatic carbocycles. The second-order valence-electron chi connectivity index (χ2n) is 6.16. The highest BCUT2D eigenvalue weighted by atomic mass is 16.5. The quantitative estimate of drug-likeness (QED) is 0.761. The SMILES string of the molecule is O=C(NCC1CCOCC1)c1cnc2n[nH]c(-c3ccccc3)c2n1. The Hall–Kier alpha value is -2.80. The summed E-state index contributed by atoms with van der Waals surface area (Å²) in [6.07, 6.45) is 3.42. The molecular weight excluding hydrogens is 318 g/mol. The van der Waals surface area contributed by atoms with Gasteiger partial charge in [0.1, 0.15) is 11.2 Å². The van der Waals surface area contributed by atoms with Crippen LogP contribution >= 0.6 is 0 Å². The van der Waals surface area contributed by atoms with Gasteiger partial charge in [0.25, 0.3) is 5.91 Å². The van der Waals surface area contributed by atoms with Crippen LogP contribution in [-0.4, -0.2) is 45.8 Å². The van der Waals surface area contributed by atoms with Gasteiger partial charge in [-0.15, -0.1) is 0 Å². The highest BCUT2D eigenvalue weighted by molar-refractivity contribution is 5.95. The van der Waals surface area contributed by atoms with Crippen molar-refractivity contribution in [2.45, 2.75) is 12.8 Å². The first kappa shape index (κ1) is 15.7. The predicted octanol–water partition coefficient (Wildman–Crippen LogP) is 2.18. The van der Waals surface area contributed by atoms with Crippen LogP contribution in [0.25, 0.3) is 22.4 Å². The zero-order chi connectivity index (χ0) is 17.1. The molecule has 2 aromatic heterocycles. The van der Waals surface area contributed by atoms with Crippen LogP contribution in [0.15, 0.2) is 36.5 Å². The van der Waals surface area contributed by atoms with E-state index in [1.165, 1.54) is 6.20 Å². The van der Waals surface area contributed by atoms with Crippen LogP contribution in [0.5, 0.6) is 0 Å². The number of aromatic amines is 1. The Morgan fingerprint density at radius 2 is 2.04 bits per heavy atom. The lowest BCUT2D eigenvalue weighted by atomic mass is 10.0. The monoisotopic (exact) mass is 337 g/mol. The average Bonchev–Trinajstić information content (AvgIpc) is 3.11. The molecule has 0 radical (unpaired) electrons. The molecule has 128 valence electrons. The highest BCUT2D eigenvalue weighted by Crippen LogP contribution is 2.23. The molecule has 2 N–H and O–H groups in total. The molecule has 7 heteroatoms. The number of hydrogen-bond acceptors (Lipinski definition) is 5. The minimum Gasteiger partial charge on any atom is -0.381 e. The number of amides is 1. The Balaban J connectivity index is 1.54. The fourth-order valence-electron chi connectivity index (χ4n) is 2.99. The van der Waals surface area contributed by atoms with Crippen LogP contribution in [0, 0.1) is 5.92 Å². The van der Waals surface area contributed by atoms with E-state index in [1.807, 2.05) is 30.3 Å². The third-order valence-electron chi connectivity index (χ3n) is 4.45. The first-order chi connectivity index (χ1) is 12.3. The van der Waals surface area contributed by atoms with Gasteiger partial charge in [0.05, 0.1) is 11.9 Å². The maximum Gasteiger partial charge on any atom is 0.271 e. The lowest BCUT2D eigenvalue weighted by Crippen LogP contribution is -2.32. The van der Waals surface area contributed by atoms with Crippen molar-refractivity contribution in [3.8, 4) is 11.3 Å². The fourth-order valence-corrected chi connectivity index (χ4v) is 2.99. The van der Waals surface area contributed by atoms with Gasteiger partial charge in [-0.25, -0.2) is 9.97 Å². The molecule has 0 saturated carbocycles. The fraction of sp³-hybridized carbons (Fsp3) is 0.333. The topological polar surface area (TPSA) is 92.8 Å². The Kier molecular flexibility index (Phi) is 4.39. The van der Waals surface area contributed by atoms with Crippen molar-refractivity contribution < 1.29 is 9.53 Å². The van der Waals surface area contributed by atoms with E-state index in [9.17, 15) is 4.79 Å². The highest BCUT2D eigenvalue weighted by Gasteiger charge is 2.17. The summed E-state index contributed by atoms with van der Waals surface area (Å²) >= 11 is 0. The molecule has 0 unspecified atom stereocenters. The molecule has 1 aliphatic rings. The lowest BCUT2D eigenvalue weighted by Gasteiger charge is -2.21. The largest absolute Gasteiger partial charge is 0.381 e. The minimum absolute atomic E-state index is 0.207. The minimum atomic E-state index is -0.207. The van der Waals surface area contributed by atoms with E-state index in [0.29, 0.717) is 29.3 Å². The molecule has 3 aromatic rings. The summed E-state index contributed by atoms with van der Waals surface area (Å²) in [6.45, 7) is 2.17. The molecule has 25 heavy (non-hydrogen) atoms. The maximum absolute atomic E-state index is 12.4. The summed E-state index contributed by atoms with van der Waals surface area (Å²) in [7, 11) is 0. The molecular formula is C18H19N5O2. The molecule has 1 amide bonds. The van der Waals surface area contributed by atoms with Crippen LogP contribution < -0.4 is 5.32 Å². The van der Waals surface area contributed by atoms with E-state index in [1.54, 1.807) is 0 Å². The molecule has 1 saturated heterocycles. The predicted molar refractivity (Wildman–Crippen MR) is 93.0 cm³/mol. The van der Waals surface area contributed by atoms with Crippen molar-refractivity contribution in [2.75, 3.05) is 19.8 Å².